The van der Waals surface area contributed by atoms with E-state index in [2.05, 4.69) is 37.1 Å². The maximum Gasteiger partial charge on any atom is 0.329 e. The highest BCUT2D eigenvalue weighted by atomic mass is 19.1. The number of amides is 3. The number of terminal acetylenes is 1. The number of carbonyl (C=O) groups is 3. The third-order valence-electron chi connectivity index (χ3n) is 17.8. The van der Waals surface area contributed by atoms with Gasteiger partial charge in [-0.05, 0) is 125 Å². The van der Waals surface area contributed by atoms with Crippen LogP contribution in [0.5, 0.6) is 6.01 Å². The number of β-amino-alcohol motifs (C(OH)–C–C–N with tert-alkyl or cyclic N) is 1. The van der Waals surface area contributed by atoms with E-state index in [1.54, 1.807) is 47.4 Å². The Morgan fingerprint density at radius 3 is 2.42 bits per heavy atom. The lowest BCUT2D eigenvalue weighted by Gasteiger charge is -2.56. The molecule has 2 N–H and O–H groups in total. The minimum Gasteiger partial charge on any atom is -0.460 e. The van der Waals surface area contributed by atoms with Crippen molar-refractivity contribution in [3.05, 3.63) is 88.0 Å². The fraction of sp³-hybridized carbons (Fsp3) is 0.500. The average Bonchev–Trinajstić information content (AvgIpc) is 3.66. The van der Waals surface area contributed by atoms with Crippen LogP contribution in [0.1, 0.15) is 107 Å². The number of carbonyl (C=O) groups excluding carboxylic acids is 3. The van der Waals surface area contributed by atoms with Crippen molar-refractivity contribution in [1.82, 2.24) is 44.1 Å². The molecule has 6 fully saturated rings. The molecule has 18 heteroatoms. The summed E-state index contributed by atoms with van der Waals surface area (Å²) in [4.78, 5) is 74.9. The normalized spacial score (nSPS) is 23.3. The molecule has 5 saturated heterocycles. The maximum atomic E-state index is 17.0. The van der Waals surface area contributed by atoms with Gasteiger partial charge in [0.2, 0.25) is 17.7 Å². The number of imidazole rings is 1. The van der Waals surface area contributed by atoms with Crippen molar-refractivity contribution in [3.63, 3.8) is 0 Å². The number of halogens is 2. The summed E-state index contributed by atoms with van der Waals surface area (Å²) in [5.74, 6) is 1.27. The summed E-state index contributed by atoms with van der Waals surface area (Å²) in [7, 11) is 1.78. The summed E-state index contributed by atoms with van der Waals surface area (Å²) < 4.78 is 41.8. The highest BCUT2D eigenvalue weighted by molar-refractivity contribution is 6.02. The van der Waals surface area contributed by atoms with Crippen LogP contribution in [-0.4, -0.2) is 138 Å². The number of benzene rings is 3. The van der Waals surface area contributed by atoms with Gasteiger partial charge in [-0.15, -0.1) is 6.42 Å². The van der Waals surface area contributed by atoms with Crippen LogP contribution >= 0.6 is 0 Å². The Bertz CT molecular complexity index is 3410. The molecule has 5 aliphatic heterocycles. The molecule has 396 valence electrons. The van der Waals surface area contributed by atoms with Crippen LogP contribution in [0.15, 0.2) is 59.5 Å². The molecule has 8 heterocycles. The topological polar surface area (TPSA) is 171 Å². The van der Waals surface area contributed by atoms with Crippen LogP contribution in [0.3, 0.4) is 0 Å². The molecule has 2 atom stereocenters. The second kappa shape index (κ2) is 19.6. The quantitative estimate of drug-likeness (QED) is 0.118. The zero-order valence-electron chi connectivity index (χ0n) is 43.2. The number of fused-ring (bicyclic) bond motifs is 3. The number of imide groups is 1. The van der Waals surface area contributed by atoms with Gasteiger partial charge in [0.1, 0.15) is 35.0 Å². The van der Waals surface area contributed by atoms with Crippen LogP contribution in [0, 0.1) is 29.4 Å². The smallest absolute Gasteiger partial charge is 0.329 e. The number of piperidine rings is 5. The third kappa shape index (κ3) is 9.07. The number of aliphatic hydroxyl groups is 1. The highest BCUT2D eigenvalue weighted by Gasteiger charge is 2.49. The first kappa shape index (κ1) is 50.0. The molecular formula is C58H64F2N10O6. The predicted molar refractivity (Wildman–Crippen MR) is 284 cm³/mol. The number of hydrogen-bond donors (Lipinski definition) is 2. The van der Waals surface area contributed by atoms with Gasteiger partial charge in [-0.2, -0.15) is 9.97 Å². The number of nitrogens with zero attached hydrogens (tertiary/aromatic N) is 9. The molecule has 1 unspecified atom stereocenters. The van der Waals surface area contributed by atoms with Gasteiger partial charge >= 0.3 is 11.7 Å². The number of pyridine rings is 1. The van der Waals surface area contributed by atoms with E-state index in [-0.39, 0.29) is 64.8 Å². The van der Waals surface area contributed by atoms with Crippen molar-refractivity contribution in [3.8, 4) is 29.6 Å². The lowest BCUT2D eigenvalue weighted by Crippen LogP contribution is -2.57. The summed E-state index contributed by atoms with van der Waals surface area (Å²) in [5, 5.41) is 14.9. The number of para-hydroxylation sites is 1. The standard InChI is InChI=1S/C58H64F2N10O6/c1-4-39-43(59)13-12-36-8-5-10-41(48(36)39)50-49(60)51-42(32-61-50)53(69-23-7-20-57(2,75)34-69)64-55(63-51)76-38-18-24-66(25-19-38)33-47(72)68-28-21-58(22-29-68)30-37(31-58)67-26-16-35(17-27-67)40-9-6-11-44-52(40)65(3)56(74)70(44)45-14-15-46(71)62-54(45)73/h1,5-6,8-13,32,35,37-38,45,75H,7,14-31,33-34H2,2-3H3,(H,62,71,73)/t45?,57-/m1/s1. The monoisotopic (exact) mass is 1030 g/mol. The number of nitrogens with one attached hydrogen (secondary N) is 1. The average molecular weight is 1040 g/mol. The number of aromatic nitrogens is 5. The third-order valence-corrected chi connectivity index (χ3v) is 17.8. The van der Waals surface area contributed by atoms with Crippen molar-refractivity contribution in [2.24, 2.45) is 12.5 Å². The van der Waals surface area contributed by atoms with Crippen molar-refractivity contribution in [2.75, 3.05) is 63.8 Å². The number of hydrogen-bond acceptors (Lipinski definition) is 12. The molecule has 6 aliphatic rings. The lowest BCUT2D eigenvalue weighted by molar-refractivity contribution is -0.138. The first-order valence-corrected chi connectivity index (χ1v) is 27.1. The molecule has 0 bridgehead atoms. The summed E-state index contributed by atoms with van der Waals surface area (Å²) in [5.41, 5.74) is 2.14. The number of rotatable bonds is 9. The van der Waals surface area contributed by atoms with Crippen molar-refractivity contribution in [2.45, 2.75) is 114 Å². The van der Waals surface area contributed by atoms with Gasteiger partial charge in [-0.3, -0.25) is 38.7 Å². The summed E-state index contributed by atoms with van der Waals surface area (Å²) >= 11 is 0. The van der Waals surface area contributed by atoms with Gasteiger partial charge in [-0.1, -0.05) is 42.3 Å². The van der Waals surface area contributed by atoms with E-state index in [1.165, 1.54) is 12.3 Å². The van der Waals surface area contributed by atoms with E-state index in [9.17, 15) is 24.3 Å². The Balaban J connectivity index is 0.650. The largest absolute Gasteiger partial charge is 0.460 e. The lowest BCUT2D eigenvalue weighted by atomic mass is 9.59. The molecule has 16 nitrogen and oxygen atoms in total. The minimum absolute atomic E-state index is 0.00139. The molecule has 6 aromatic rings. The molecule has 0 radical (unpaired) electrons. The molecule has 3 aromatic heterocycles. The highest BCUT2D eigenvalue weighted by Crippen LogP contribution is 2.52. The van der Waals surface area contributed by atoms with Gasteiger partial charge in [0.05, 0.1) is 34.1 Å². The van der Waals surface area contributed by atoms with Crippen LogP contribution in [0.2, 0.25) is 0 Å². The Morgan fingerprint density at radius 2 is 1.68 bits per heavy atom. The SMILES string of the molecule is C#Cc1c(F)ccc2cccc(-c3ncc4c(N5CCC[C@@](C)(O)C5)nc(OC5CCN(CC(=O)N6CCC7(CC6)CC(N6CCC(c8cccc9c8n(C)c(=O)n9C8CCC(=O)NC8=O)CC6)C7)CC5)nc4c3F)c12. The van der Waals surface area contributed by atoms with Gasteiger partial charge < -0.3 is 24.5 Å². The summed E-state index contributed by atoms with van der Waals surface area (Å²) in [6.07, 6.45) is 16.4. The maximum absolute atomic E-state index is 17.0. The van der Waals surface area contributed by atoms with E-state index >= 15 is 8.78 Å². The summed E-state index contributed by atoms with van der Waals surface area (Å²) in [6, 6.07) is 14.0. The molecule has 1 spiro atoms. The second-order valence-corrected chi connectivity index (χ2v) is 22.7. The van der Waals surface area contributed by atoms with Crippen LogP contribution < -0.4 is 20.6 Å². The molecule has 3 amide bonds. The molecule has 3 aromatic carbocycles. The van der Waals surface area contributed by atoms with Gasteiger partial charge in [0.15, 0.2) is 5.82 Å². The molecule has 76 heavy (non-hydrogen) atoms. The number of anilines is 1. The predicted octanol–water partition coefficient (Wildman–Crippen LogP) is 6.58. The van der Waals surface area contributed by atoms with Gasteiger partial charge in [0.25, 0.3) is 0 Å². The van der Waals surface area contributed by atoms with Crippen LogP contribution in [0.25, 0.3) is 44.0 Å². The van der Waals surface area contributed by atoms with E-state index < -0.39 is 29.2 Å². The fourth-order valence-electron chi connectivity index (χ4n) is 13.7. The summed E-state index contributed by atoms with van der Waals surface area (Å²) in [6.45, 7) is 7.76. The van der Waals surface area contributed by atoms with E-state index in [4.69, 9.17) is 16.1 Å². The fourth-order valence-corrected chi connectivity index (χ4v) is 13.7. The zero-order chi connectivity index (χ0) is 52.6. The van der Waals surface area contributed by atoms with Crippen molar-refractivity contribution < 1.29 is 33.0 Å². The Kier molecular flexibility index (Phi) is 12.9. The van der Waals surface area contributed by atoms with E-state index in [0.717, 1.165) is 81.3 Å². The first-order valence-electron chi connectivity index (χ1n) is 27.1. The van der Waals surface area contributed by atoms with Gasteiger partial charge in [0, 0.05) is 75.9 Å². The molecular weight excluding hydrogens is 971 g/mol. The number of likely N-dealkylation sites (tertiary alicyclic amines) is 3. The zero-order valence-corrected chi connectivity index (χ0v) is 43.2. The van der Waals surface area contributed by atoms with E-state index in [0.29, 0.717) is 97.8 Å². The Morgan fingerprint density at radius 1 is 0.921 bits per heavy atom. The second-order valence-electron chi connectivity index (χ2n) is 22.7. The minimum atomic E-state index is -0.981. The Labute approximate surface area is 439 Å². The molecule has 12 rings (SSSR count). The number of ether oxygens (including phenoxy) is 1. The van der Waals surface area contributed by atoms with Crippen molar-refractivity contribution in [1.29, 1.82) is 0 Å². The van der Waals surface area contributed by atoms with Crippen LogP contribution in [0.4, 0.5) is 14.6 Å². The number of aryl methyl sites for hydroxylation is 1. The van der Waals surface area contributed by atoms with Crippen LogP contribution in [-0.2, 0) is 21.4 Å². The van der Waals surface area contributed by atoms with Gasteiger partial charge in [-0.25, -0.2) is 13.6 Å². The molecule has 1 saturated carbocycles. The van der Waals surface area contributed by atoms with Crippen molar-refractivity contribution >= 4 is 56.2 Å². The first-order chi connectivity index (χ1) is 36.7. The Hall–Kier alpha value is -6.81. The molecule has 1 aliphatic carbocycles. The van der Waals surface area contributed by atoms with E-state index in [1.807, 2.05) is 21.9 Å².